The molecule has 6 nitrogen and oxygen atoms in total. The highest BCUT2D eigenvalue weighted by Gasteiger charge is 2.40. The zero-order valence-electron chi connectivity index (χ0n) is 14.4. The summed E-state index contributed by atoms with van der Waals surface area (Å²) in [7, 11) is 3.09. The first kappa shape index (κ1) is 18.1. The Morgan fingerprint density at radius 3 is 2.58 bits per heavy atom. The molecule has 0 aliphatic carbocycles. The quantitative estimate of drug-likeness (QED) is 0.829. The molecule has 0 radical (unpaired) electrons. The van der Waals surface area contributed by atoms with Gasteiger partial charge < -0.3 is 19.5 Å². The van der Waals surface area contributed by atoms with Crippen LogP contribution in [0.1, 0.15) is 44.2 Å². The number of methoxy groups -OCH3 is 2. The second-order valence-corrected chi connectivity index (χ2v) is 5.98. The second kappa shape index (κ2) is 8.04. The lowest BCUT2D eigenvalue weighted by atomic mass is 9.84. The molecule has 2 rings (SSSR count). The number of ether oxygens (including phenoxy) is 2. The third-order valence-corrected chi connectivity index (χ3v) is 4.53. The van der Waals surface area contributed by atoms with Gasteiger partial charge in [-0.15, -0.1) is 0 Å². The summed E-state index contributed by atoms with van der Waals surface area (Å²) in [6.45, 7) is 2.62. The van der Waals surface area contributed by atoms with E-state index >= 15 is 0 Å². The highest BCUT2D eigenvalue weighted by Crippen LogP contribution is 2.40. The van der Waals surface area contributed by atoms with E-state index in [0.29, 0.717) is 24.5 Å². The van der Waals surface area contributed by atoms with Gasteiger partial charge in [0.25, 0.3) is 0 Å². The first-order valence-electron chi connectivity index (χ1n) is 8.27. The van der Waals surface area contributed by atoms with Gasteiger partial charge in [-0.05, 0) is 30.5 Å². The van der Waals surface area contributed by atoms with Crippen LogP contribution in [0.4, 0.5) is 0 Å². The topological polar surface area (TPSA) is 76.1 Å². The fourth-order valence-electron chi connectivity index (χ4n) is 3.25. The van der Waals surface area contributed by atoms with Gasteiger partial charge in [0, 0.05) is 13.0 Å². The molecule has 1 amide bonds. The van der Waals surface area contributed by atoms with E-state index in [1.165, 1.54) is 7.11 Å². The molecule has 1 aliphatic heterocycles. The Balaban J connectivity index is 2.44. The standard InChI is InChI=1S/C18H25NO5/c1-4-5-10-19-16(20)9-7-13(18(21)22)17(19)12-6-8-14(23-2)15(11-12)24-3/h6,8,11,13,17H,4-5,7,9-10H2,1-3H3,(H,21,22). The van der Waals surface area contributed by atoms with E-state index in [1.54, 1.807) is 24.1 Å². The summed E-state index contributed by atoms with van der Waals surface area (Å²) >= 11 is 0. The molecule has 2 atom stereocenters. The maximum Gasteiger partial charge on any atom is 0.308 e. The molecule has 6 heteroatoms. The molecule has 0 spiro atoms. The molecule has 1 aromatic rings. The molecule has 0 aromatic heterocycles. The largest absolute Gasteiger partial charge is 0.493 e. The molecule has 1 aliphatic rings. The summed E-state index contributed by atoms with van der Waals surface area (Å²) in [5, 5.41) is 9.63. The van der Waals surface area contributed by atoms with Crippen molar-refractivity contribution in [2.75, 3.05) is 20.8 Å². The first-order chi connectivity index (χ1) is 11.5. The SMILES string of the molecule is CCCCN1C(=O)CCC(C(=O)O)C1c1ccc(OC)c(OC)c1. The van der Waals surface area contributed by atoms with Crippen LogP contribution in [0, 0.1) is 5.92 Å². The predicted octanol–water partition coefficient (Wildman–Crippen LogP) is 2.87. The van der Waals surface area contributed by atoms with Crippen LogP contribution in [0.3, 0.4) is 0 Å². The maximum atomic E-state index is 12.4. The van der Waals surface area contributed by atoms with Crippen molar-refractivity contribution in [1.82, 2.24) is 4.90 Å². The van der Waals surface area contributed by atoms with E-state index in [1.807, 2.05) is 6.07 Å². The number of hydrogen-bond acceptors (Lipinski definition) is 4. The van der Waals surface area contributed by atoms with Crippen LogP contribution in [-0.2, 0) is 9.59 Å². The molecule has 132 valence electrons. The smallest absolute Gasteiger partial charge is 0.308 e. The fraction of sp³-hybridized carbons (Fsp3) is 0.556. The van der Waals surface area contributed by atoms with E-state index in [4.69, 9.17) is 9.47 Å². The number of unbranched alkanes of at least 4 members (excludes halogenated alkanes) is 1. The zero-order chi connectivity index (χ0) is 17.7. The van der Waals surface area contributed by atoms with Crippen molar-refractivity contribution < 1.29 is 24.2 Å². The van der Waals surface area contributed by atoms with Crippen molar-refractivity contribution in [2.24, 2.45) is 5.92 Å². The maximum absolute atomic E-state index is 12.4. The summed E-state index contributed by atoms with van der Waals surface area (Å²) in [4.78, 5) is 25.9. The van der Waals surface area contributed by atoms with Crippen LogP contribution >= 0.6 is 0 Å². The van der Waals surface area contributed by atoms with Gasteiger partial charge in [-0.25, -0.2) is 0 Å². The third-order valence-electron chi connectivity index (χ3n) is 4.53. The van der Waals surface area contributed by atoms with Crippen molar-refractivity contribution >= 4 is 11.9 Å². The van der Waals surface area contributed by atoms with Gasteiger partial charge in [0.2, 0.25) is 5.91 Å². The number of carbonyl (C=O) groups is 2. The van der Waals surface area contributed by atoms with Crippen molar-refractivity contribution in [2.45, 2.75) is 38.6 Å². The van der Waals surface area contributed by atoms with Gasteiger partial charge in [0.15, 0.2) is 11.5 Å². The van der Waals surface area contributed by atoms with Crippen LogP contribution in [0.25, 0.3) is 0 Å². The number of benzene rings is 1. The summed E-state index contributed by atoms with van der Waals surface area (Å²) < 4.78 is 10.6. The highest BCUT2D eigenvalue weighted by atomic mass is 16.5. The Morgan fingerprint density at radius 2 is 2.00 bits per heavy atom. The van der Waals surface area contributed by atoms with Gasteiger partial charge in [0.1, 0.15) is 0 Å². The van der Waals surface area contributed by atoms with Crippen LogP contribution in [-0.4, -0.2) is 42.6 Å². The number of carbonyl (C=O) groups excluding carboxylic acids is 1. The highest BCUT2D eigenvalue weighted by molar-refractivity contribution is 5.81. The summed E-state index contributed by atoms with van der Waals surface area (Å²) in [5.74, 6) is -0.356. The molecular weight excluding hydrogens is 310 g/mol. The number of nitrogens with zero attached hydrogens (tertiary/aromatic N) is 1. The summed E-state index contributed by atoms with van der Waals surface area (Å²) in [5.41, 5.74) is 0.768. The predicted molar refractivity (Wildman–Crippen MR) is 89.3 cm³/mol. The number of carboxylic acids is 1. The lowest BCUT2D eigenvalue weighted by Gasteiger charge is -2.40. The molecule has 1 heterocycles. The minimum Gasteiger partial charge on any atom is -0.493 e. The number of aliphatic carboxylic acids is 1. The van der Waals surface area contributed by atoms with Crippen LogP contribution in [0.2, 0.25) is 0 Å². The average molecular weight is 335 g/mol. The lowest BCUT2D eigenvalue weighted by Crippen LogP contribution is -2.45. The minimum atomic E-state index is -0.871. The van der Waals surface area contributed by atoms with E-state index < -0.39 is 17.9 Å². The Labute approximate surface area is 142 Å². The van der Waals surface area contributed by atoms with Gasteiger partial charge in [-0.3, -0.25) is 9.59 Å². The van der Waals surface area contributed by atoms with E-state index in [2.05, 4.69) is 6.92 Å². The van der Waals surface area contributed by atoms with Crippen molar-refractivity contribution in [3.05, 3.63) is 23.8 Å². The van der Waals surface area contributed by atoms with Crippen LogP contribution in [0.5, 0.6) is 11.5 Å². The first-order valence-corrected chi connectivity index (χ1v) is 8.27. The van der Waals surface area contributed by atoms with E-state index in [9.17, 15) is 14.7 Å². The molecule has 1 aromatic carbocycles. The monoisotopic (exact) mass is 335 g/mol. The second-order valence-electron chi connectivity index (χ2n) is 5.98. The Hall–Kier alpha value is -2.24. The van der Waals surface area contributed by atoms with E-state index in [0.717, 1.165) is 18.4 Å². The normalized spacial score (nSPS) is 20.8. The molecule has 24 heavy (non-hydrogen) atoms. The summed E-state index contributed by atoms with van der Waals surface area (Å²) in [6, 6.07) is 4.87. The molecule has 1 fully saturated rings. The molecule has 1 saturated heterocycles. The van der Waals surface area contributed by atoms with Crippen molar-refractivity contribution in [3.8, 4) is 11.5 Å². The minimum absolute atomic E-state index is 0.0146. The van der Waals surface area contributed by atoms with Crippen molar-refractivity contribution in [1.29, 1.82) is 0 Å². The Kier molecular flexibility index (Phi) is 6.06. The number of piperidine rings is 1. The number of amides is 1. The Bertz CT molecular complexity index is 601. The number of rotatable bonds is 7. The van der Waals surface area contributed by atoms with E-state index in [-0.39, 0.29) is 12.3 Å². The number of carboxylic acid groups (broad SMARTS) is 1. The molecule has 0 bridgehead atoms. The zero-order valence-corrected chi connectivity index (χ0v) is 14.4. The number of hydrogen-bond donors (Lipinski definition) is 1. The van der Waals surface area contributed by atoms with Crippen LogP contribution < -0.4 is 9.47 Å². The van der Waals surface area contributed by atoms with Gasteiger partial charge in [-0.1, -0.05) is 19.4 Å². The Morgan fingerprint density at radius 1 is 1.29 bits per heavy atom. The number of likely N-dealkylation sites (tertiary alicyclic amines) is 1. The average Bonchev–Trinajstić information content (AvgIpc) is 2.59. The molecule has 1 N–H and O–H groups in total. The van der Waals surface area contributed by atoms with Crippen molar-refractivity contribution in [3.63, 3.8) is 0 Å². The van der Waals surface area contributed by atoms with Gasteiger partial charge >= 0.3 is 5.97 Å². The lowest BCUT2D eigenvalue weighted by molar-refractivity contribution is -0.152. The molecule has 2 unspecified atom stereocenters. The van der Waals surface area contributed by atoms with Crippen LogP contribution in [0.15, 0.2) is 18.2 Å². The third kappa shape index (κ3) is 3.63. The van der Waals surface area contributed by atoms with Gasteiger partial charge in [0.05, 0.1) is 26.2 Å². The fourth-order valence-corrected chi connectivity index (χ4v) is 3.25. The van der Waals surface area contributed by atoms with Gasteiger partial charge in [-0.2, -0.15) is 0 Å². The molecule has 0 saturated carbocycles. The molecular formula is C18H25NO5. The summed E-state index contributed by atoms with van der Waals surface area (Å²) in [6.07, 6.45) is 2.43.